The Balaban J connectivity index is 2.68. The third-order valence-electron chi connectivity index (χ3n) is 2.37. The van der Waals surface area contributed by atoms with Gasteiger partial charge in [-0.1, -0.05) is 11.8 Å². The van der Waals surface area contributed by atoms with Crippen LogP contribution in [-0.2, 0) is 9.59 Å². The molecule has 1 N–H and O–H groups in total. The van der Waals surface area contributed by atoms with Gasteiger partial charge in [0.1, 0.15) is 5.25 Å². The van der Waals surface area contributed by atoms with Crippen LogP contribution >= 0.6 is 11.8 Å². The molecule has 1 atom stereocenters. The van der Waals surface area contributed by atoms with Crippen LogP contribution in [0.15, 0.2) is 4.99 Å². The summed E-state index contributed by atoms with van der Waals surface area (Å²) in [5.74, 6) is -0.0805. The molecule has 2 amide bonds. The summed E-state index contributed by atoms with van der Waals surface area (Å²) in [5.41, 5.74) is 0. The van der Waals surface area contributed by atoms with Gasteiger partial charge < -0.3 is 5.32 Å². The molecule has 0 aliphatic carbocycles. The Bertz CT molecular complexity index is 331. The van der Waals surface area contributed by atoms with Crippen molar-refractivity contribution in [2.75, 3.05) is 19.6 Å². The summed E-state index contributed by atoms with van der Waals surface area (Å²) in [6, 6.07) is 0. The van der Waals surface area contributed by atoms with Gasteiger partial charge in [-0.2, -0.15) is 0 Å². The standard InChI is InChI=1S/C11H19N3O2S/c1-4-12-9(15)7-8-10(16)14(6-3)11(17-8)13-5-2/h8H,4-7H2,1-3H3,(H,12,15)/t8-/m0/s1. The molecule has 96 valence electrons. The van der Waals surface area contributed by atoms with E-state index < -0.39 is 0 Å². The van der Waals surface area contributed by atoms with Gasteiger partial charge in [0.15, 0.2) is 5.17 Å². The smallest absolute Gasteiger partial charge is 0.242 e. The number of hydrogen-bond acceptors (Lipinski definition) is 4. The lowest BCUT2D eigenvalue weighted by molar-refractivity contribution is -0.129. The molecule has 0 spiro atoms. The Labute approximate surface area is 106 Å². The van der Waals surface area contributed by atoms with E-state index in [9.17, 15) is 9.59 Å². The monoisotopic (exact) mass is 257 g/mol. The summed E-state index contributed by atoms with van der Waals surface area (Å²) in [5, 5.41) is 3.14. The highest BCUT2D eigenvalue weighted by atomic mass is 32.2. The quantitative estimate of drug-likeness (QED) is 0.794. The van der Waals surface area contributed by atoms with Crippen molar-refractivity contribution in [2.24, 2.45) is 4.99 Å². The van der Waals surface area contributed by atoms with Crippen molar-refractivity contribution in [2.45, 2.75) is 32.4 Å². The molecule has 0 unspecified atom stereocenters. The predicted octanol–water partition coefficient (Wildman–Crippen LogP) is 0.852. The van der Waals surface area contributed by atoms with Crippen molar-refractivity contribution in [1.82, 2.24) is 10.2 Å². The van der Waals surface area contributed by atoms with E-state index in [-0.39, 0.29) is 23.5 Å². The van der Waals surface area contributed by atoms with E-state index in [1.807, 2.05) is 20.8 Å². The van der Waals surface area contributed by atoms with Crippen LogP contribution in [0.4, 0.5) is 0 Å². The molecule has 0 saturated carbocycles. The number of amides is 2. The van der Waals surface area contributed by atoms with Crippen LogP contribution in [0.5, 0.6) is 0 Å². The molecule has 6 heteroatoms. The number of rotatable bonds is 5. The summed E-state index contributed by atoms with van der Waals surface area (Å²) in [6.45, 7) is 7.57. The second kappa shape index (κ2) is 6.64. The van der Waals surface area contributed by atoms with E-state index in [4.69, 9.17) is 0 Å². The van der Waals surface area contributed by atoms with Crippen molar-refractivity contribution >= 4 is 28.7 Å². The molecule has 0 bridgehead atoms. The number of aliphatic imine (C=N–C) groups is 1. The van der Waals surface area contributed by atoms with Gasteiger partial charge in [0.25, 0.3) is 0 Å². The van der Waals surface area contributed by atoms with Gasteiger partial charge in [0, 0.05) is 26.1 Å². The fourth-order valence-corrected chi connectivity index (χ4v) is 2.89. The highest BCUT2D eigenvalue weighted by Crippen LogP contribution is 2.29. The first kappa shape index (κ1) is 14.0. The molecule has 0 aromatic carbocycles. The normalized spacial score (nSPS) is 22.3. The van der Waals surface area contributed by atoms with E-state index in [1.54, 1.807) is 4.90 Å². The number of carbonyl (C=O) groups is 2. The molecule has 0 radical (unpaired) electrons. The van der Waals surface area contributed by atoms with E-state index in [0.717, 1.165) is 5.17 Å². The third kappa shape index (κ3) is 3.46. The highest BCUT2D eigenvalue weighted by molar-refractivity contribution is 8.15. The van der Waals surface area contributed by atoms with Gasteiger partial charge >= 0.3 is 0 Å². The molecule has 1 saturated heterocycles. The Morgan fingerprint density at radius 3 is 2.71 bits per heavy atom. The predicted molar refractivity (Wildman–Crippen MR) is 70.0 cm³/mol. The van der Waals surface area contributed by atoms with Crippen LogP contribution in [0.3, 0.4) is 0 Å². The molecule has 1 aliphatic heterocycles. The van der Waals surface area contributed by atoms with Crippen molar-refractivity contribution in [3.8, 4) is 0 Å². The van der Waals surface area contributed by atoms with Gasteiger partial charge in [0.2, 0.25) is 11.8 Å². The van der Waals surface area contributed by atoms with Gasteiger partial charge in [-0.05, 0) is 20.8 Å². The van der Waals surface area contributed by atoms with Crippen LogP contribution in [0.1, 0.15) is 27.2 Å². The maximum absolute atomic E-state index is 12.0. The molecule has 1 aliphatic rings. The summed E-state index contributed by atoms with van der Waals surface area (Å²) in [4.78, 5) is 29.4. The van der Waals surface area contributed by atoms with Crippen molar-refractivity contribution in [1.29, 1.82) is 0 Å². The SMILES string of the molecule is CCN=C1S[C@@H](CC(=O)NCC)C(=O)N1CC. The fraction of sp³-hybridized carbons (Fsp3) is 0.727. The zero-order valence-electron chi connectivity index (χ0n) is 10.5. The highest BCUT2D eigenvalue weighted by Gasteiger charge is 2.37. The second-order valence-electron chi connectivity index (χ2n) is 3.60. The molecule has 5 nitrogen and oxygen atoms in total. The molecule has 0 aromatic heterocycles. The third-order valence-corrected chi connectivity index (χ3v) is 3.59. The van der Waals surface area contributed by atoms with E-state index in [1.165, 1.54) is 11.8 Å². The van der Waals surface area contributed by atoms with E-state index >= 15 is 0 Å². The van der Waals surface area contributed by atoms with Crippen LogP contribution < -0.4 is 5.32 Å². The molecule has 17 heavy (non-hydrogen) atoms. The Morgan fingerprint density at radius 2 is 2.18 bits per heavy atom. The van der Waals surface area contributed by atoms with Gasteiger partial charge in [-0.15, -0.1) is 0 Å². The first-order chi connectivity index (χ1) is 8.13. The number of thioether (sulfide) groups is 1. The lowest BCUT2D eigenvalue weighted by atomic mass is 10.2. The number of carbonyl (C=O) groups excluding carboxylic acids is 2. The maximum Gasteiger partial charge on any atom is 0.242 e. The topological polar surface area (TPSA) is 61.8 Å². The van der Waals surface area contributed by atoms with Crippen molar-refractivity contribution in [3.63, 3.8) is 0 Å². The lowest BCUT2D eigenvalue weighted by Gasteiger charge is -2.12. The minimum absolute atomic E-state index is 0.00375. The number of amidine groups is 1. The zero-order chi connectivity index (χ0) is 12.8. The molecule has 1 heterocycles. The average Bonchev–Trinajstić information content (AvgIpc) is 2.56. The summed E-state index contributed by atoms with van der Waals surface area (Å²) >= 11 is 1.40. The minimum atomic E-state index is -0.313. The number of nitrogens with zero attached hydrogens (tertiary/aromatic N) is 2. The molecular weight excluding hydrogens is 238 g/mol. The Morgan fingerprint density at radius 1 is 1.47 bits per heavy atom. The summed E-state index contributed by atoms with van der Waals surface area (Å²) < 4.78 is 0. The maximum atomic E-state index is 12.0. The minimum Gasteiger partial charge on any atom is -0.356 e. The first-order valence-corrected chi connectivity index (χ1v) is 6.81. The number of nitrogens with one attached hydrogen (secondary N) is 1. The Kier molecular flexibility index (Phi) is 5.47. The van der Waals surface area contributed by atoms with Gasteiger partial charge in [-0.3, -0.25) is 19.5 Å². The average molecular weight is 257 g/mol. The largest absolute Gasteiger partial charge is 0.356 e. The van der Waals surface area contributed by atoms with Crippen LogP contribution in [-0.4, -0.2) is 46.8 Å². The molecule has 0 aromatic rings. The molecule has 1 fully saturated rings. The van der Waals surface area contributed by atoms with Crippen LogP contribution in [0.25, 0.3) is 0 Å². The van der Waals surface area contributed by atoms with Crippen LogP contribution in [0, 0.1) is 0 Å². The Hall–Kier alpha value is -1.04. The lowest BCUT2D eigenvalue weighted by Crippen LogP contribution is -2.34. The van der Waals surface area contributed by atoms with Crippen molar-refractivity contribution < 1.29 is 9.59 Å². The van der Waals surface area contributed by atoms with Gasteiger partial charge in [0.05, 0.1) is 0 Å². The van der Waals surface area contributed by atoms with Gasteiger partial charge in [-0.25, -0.2) is 0 Å². The summed E-state index contributed by atoms with van der Waals surface area (Å²) in [7, 11) is 0. The van der Waals surface area contributed by atoms with E-state index in [0.29, 0.717) is 19.6 Å². The fourth-order valence-electron chi connectivity index (χ4n) is 1.63. The zero-order valence-corrected chi connectivity index (χ0v) is 11.3. The first-order valence-electron chi connectivity index (χ1n) is 5.93. The van der Waals surface area contributed by atoms with Crippen molar-refractivity contribution in [3.05, 3.63) is 0 Å². The second-order valence-corrected chi connectivity index (χ2v) is 4.77. The van der Waals surface area contributed by atoms with E-state index in [2.05, 4.69) is 10.3 Å². The summed E-state index contributed by atoms with van der Waals surface area (Å²) in [6.07, 6.45) is 0.233. The molecule has 1 rings (SSSR count). The molecular formula is C11H19N3O2S. The van der Waals surface area contributed by atoms with Crippen LogP contribution in [0.2, 0.25) is 0 Å². The number of hydrogen-bond donors (Lipinski definition) is 1.